The van der Waals surface area contributed by atoms with Gasteiger partial charge in [-0.15, -0.1) is 12.3 Å². The maximum absolute atomic E-state index is 6.32. The van der Waals surface area contributed by atoms with Crippen LogP contribution in [0.2, 0.25) is 0 Å². The van der Waals surface area contributed by atoms with Crippen LogP contribution in [0.4, 0.5) is 0 Å². The lowest BCUT2D eigenvalue weighted by atomic mass is 9.59. The van der Waals surface area contributed by atoms with Gasteiger partial charge in [0, 0.05) is 5.92 Å². The van der Waals surface area contributed by atoms with Gasteiger partial charge in [-0.05, 0) is 67.7 Å². The zero-order valence-corrected chi connectivity index (χ0v) is 19.4. The zero-order valence-electron chi connectivity index (χ0n) is 19.4. The van der Waals surface area contributed by atoms with Gasteiger partial charge < -0.3 is 5.73 Å². The average Bonchev–Trinajstić information content (AvgIpc) is 3.03. The van der Waals surface area contributed by atoms with E-state index in [1.807, 2.05) is 33.8 Å². The van der Waals surface area contributed by atoms with Gasteiger partial charge in [-0.3, -0.25) is 0 Å². The van der Waals surface area contributed by atoms with E-state index < -0.39 is 0 Å². The minimum atomic E-state index is 0.254. The van der Waals surface area contributed by atoms with Gasteiger partial charge >= 0.3 is 0 Å². The van der Waals surface area contributed by atoms with Gasteiger partial charge in [0.2, 0.25) is 0 Å². The third-order valence-corrected chi connectivity index (χ3v) is 6.94. The van der Waals surface area contributed by atoms with Crippen molar-refractivity contribution in [2.75, 3.05) is 6.54 Å². The summed E-state index contributed by atoms with van der Waals surface area (Å²) in [5.74, 6) is 5.99. The van der Waals surface area contributed by atoms with Crippen molar-refractivity contribution in [2.45, 2.75) is 87.0 Å². The van der Waals surface area contributed by atoms with Crippen molar-refractivity contribution in [3.63, 3.8) is 0 Å². The molecule has 2 fully saturated rings. The highest BCUT2D eigenvalue weighted by Gasteiger charge is 2.51. The molecule has 2 saturated carbocycles. The Morgan fingerprint density at radius 1 is 1.19 bits per heavy atom. The number of hydrogen-bond donors (Lipinski definition) is 1. The molecule has 0 radical (unpaired) electrons. The van der Waals surface area contributed by atoms with Gasteiger partial charge in [-0.1, -0.05) is 79.2 Å². The van der Waals surface area contributed by atoms with Crippen LogP contribution in [0.25, 0.3) is 0 Å². The third kappa shape index (κ3) is 5.74. The van der Waals surface area contributed by atoms with Crippen LogP contribution in [0, 0.1) is 47.3 Å². The highest BCUT2D eigenvalue weighted by Crippen LogP contribution is 2.57. The number of rotatable bonds is 4. The first-order valence-electron chi connectivity index (χ1n) is 11.5. The summed E-state index contributed by atoms with van der Waals surface area (Å²) in [7, 11) is 0. The average molecular weight is 374 g/mol. The zero-order chi connectivity index (χ0) is 21.0. The Labute approximate surface area is 171 Å². The molecule has 156 valence electrons. The maximum Gasteiger partial charge on any atom is 0.0256 e. The summed E-state index contributed by atoms with van der Waals surface area (Å²) in [6.07, 6.45) is 17.6. The summed E-state index contributed by atoms with van der Waals surface area (Å²) in [4.78, 5) is 0. The first-order chi connectivity index (χ1) is 13.0. The predicted octanol–water partition coefficient (Wildman–Crippen LogP) is 7.24. The fraction of sp³-hybridized carbons (Fsp3) is 0.769. The minimum Gasteiger partial charge on any atom is -0.330 e. The van der Waals surface area contributed by atoms with Gasteiger partial charge in [-0.25, -0.2) is 0 Å². The second kappa shape index (κ2) is 13.2. The van der Waals surface area contributed by atoms with Gasteiger partial charge in [-0.2, -0.15) is 0 Å². The van der Waals surface area contributed by atoms with E-state index in [0.717, 1.165) is 6.54 Å². The van der Waals surface area contributed by atoms with Gasteiger partial charge in [0.15, 0.2) is 0 Å². The van der Waals surface area contributed by atoms with E-state index in [1.54, 1.807) is 5.57 Å². The Hall–Kier alpha value is -1.00. The van der Waals surface area contributed by atoms with Crippen LogP contribution >= 0.6 is 0 Å². The molecule has 2 aliphatic carbocycles. The number of terminal acetylenes is 1. The van der Waals surface area contributed by atoms with Crippen LogP contribution in [-0.4, -0.2) is 6.54 Å². The molecule has 0 spiro atoms. The lowest BCUT2D eigenvalue weighted by molar-refractivity contribution is 0.0945. The summed E-state index contributed by atoms with van der Waals surface area (Å²) < 4.78 is 0. The van der Waals surface area contributed by atoms with E-state index in [2.05, 4.69) is 39.3 Å². The molecule has 0 aromatic carbocycles. The summed E-state index contributed by atoms with van der Waals surface area (Å²) >= 11 is 0. The molecular formula is C26H47N. The quantitative estimate of drug-likeness (QED) is 0.516. The van der Waals surface area contributed by atoms with Crippen molar-refractivity contribution in [3.05, 3.63) is 24.3 Å². The van der Waals surface area contributed by atoms with E-state index >= 15 is 0 Å². The standard InChI is InChI=1S/C22H35N.2C2H6/c1-6-9-18-16(4)13-14-22(5)17(8-3)11-12-21(22)20(15-23)19(18)10-7-2;2*1-2/h3,7,10,16-18,20-21H,2,6,9,11-15,23H2,1,4-5H3;2*1-2H3/b19-10+;;. The van der Waals surface area contributed by atoms with Crippen molar-refractivity contribution in [3.8, 4) is 12.3 Å². The van der Waals surface area contributed by atoms with E-state index in [0.29, 0.717) is 29.6 Å². The number of hydrogen-bond acceptors (Lipinski definition) is 1. The molecule has 1 nitrogen and oxygen atoms in total. The fourth-order valence-electron chi connectivity index (χ4n) is 5.58. The number of fused-ring (bicyclic) bond motifs is 1. The predicted molar refractivity (Wildman–Crippen MR) is 123 cm³/mol. The molecular weight excluding hydrogens is 326 g/mol. The normalized spacial score (nSPS) is 36.7. The molecule has 0 bridgehead atoms. The molecule has 0 heterocycles. The van der Waals surface area contributed by atoms with Crippen LogP contribution in [0.5, 0.6) is 0 Å². The molecule has 0 saturated heterocycles. The van der Waals surface area contributed by atoms with Crippen molar-refractivity contribution >= 4 is 0 Å². The molecule has 6 unspecified atom stereocenters. The van der Waals surface area contributed by atoms with E-state index in [9.17, 15) is 0 Å². The summed E-state index contributed by atoms with van der Waals surface area (Å²) in [6.45, 7) is 19.9. The molecule has 2 rings (SSSR count). The number of allylic oxidation sites excluding steroid dienone is 2. The highest BCUT2D eigenvalue weighted by atomic mass is 14.6. The van der Waals surface area contributed by atoms with Crippen LogP contribution in [0.1, 0.15) is 87.0 Å². The summed E-state index contributed by atoms with van der Waals surface area (Å²) in [5, 5.41) is 0. The monoisotopic (exact) mass is 373 g/mol. The summed E-state index contributed by atoms with van der Waals surface area (Å²) in [5.41, 5.74) is 8.14. The molecule has 0 aromatic heterocycles. The largest absolute Gasteiger partial charge is 0.330 e. The summed E-state index contributed by atoms with van der Waals surface area (Å²) in [6, 6.07) is 0. The Balaban J connectivity index is 0.00000158. The Morgan fingerprint density at radius 3 is 2.30 bits per heavy atom. The van der Waals surface area contributed by atoms with Gasteiger partial charge in [0.25, 0.3) is 0 Å². The topological polar surface area (TPSA) is 26.0 Å². The van der Waals surface area contributed by atoms with Crippen molar-refractivity contribution in [1.29, 1.82) is 0 Å². The van der Waals surface area contributed by atoms with Crippen LogP contribution in [0.15, 0.2) is 24.3 Å². The smallest absolute Gasteiger partial charge is 0.0256 e. The molecule has 0 aromatic rings. The van der Waals surface area contributed by atoms with Crippen LogP contribution in [0.3, 0.4) is 0 Å². The molecule has 6 atom stereocenters. The van der Waals surface area contributed by atoms with Crippen molar-refractivity contribution in [1.82, 2.24) is 0 Å². The Kier molecular flexibility index (Phi) is 12.7. The molecule has 2 aliphatic rings. The van der Waals surface area contributed by atoms with Gasteiger partial charge in [0.05, 0.1) is 0 Å². The fourth-order valence-corrected chi connectivity index (χ4v) is 5.58. The first-order valence-corrected chi connectivity index (χ1v) is 11.5. The van der Waals surface area contributed by atoms with Crippen molar-refractivity contribution in [2.24, 2.45) is 40.7 Å². The van der Waals surface area contributed by atoms with Crippen LogP contribution in [-0.2, 0) is 0 Å². The Morgan fingerprint density at radius 2 is 1.81 bits per heavy atom. The second-order valence-electron chi connectivity index (χ2n) is 8.06. The SMILES string of the molecule is C#CC1CCC2C(CN)/C(=C/C=C)C(CCC)C(C)CCC12C.CC.CC. The van der Waals surface area contributed by atoms with Crippen molar-refractivity contribution < 1.29 is 0 Å². The van der Waals surface area contributed by atoms with E-state index in [1.165, 1.54) is 38.5 Å². The lowest BCUT2D eigenvalue weighted by Gasteiger charge is -2.46. The molecule has 2 N–H and O–H groups in total. The lowest BCUT2D eigenvalue weighted by Crippen LogP contribution is -2.41. The third-order valence-electron chi connectivity index (χ3n) is 6.94. The minimum absolute atomic E-state index is 0.254. The molecule has 0 aliphatic heterocycles. The Bertz CT molecular complexity index is 483. The number of nitrogens with two attached hydrogens (primary N) is 1. The van der Waals surface area contributed by atoms with Gasteiger partial charge in [0.1, 0.15) is 0 Å². The first kappa shape index (κ1) is 26.0. The van der Waals surface area contributed by atoms with E-state index in [4.69, 9.17) is 12.2 Å². The molecule has 1 heteroatoms. The van der Waals surface area contributed by atoms with Crippen LogP contribution < -0.4 is 5.73 Å². The maximum atomic E-state index is 6.32. The second-order valence-corrected chi connectivity index (χ2v) is 8.06. The molecule has 0 amide bonds. The molecule has 27 heavy (non-hydrogen) atoms. The highest BCUT2D eigenvalue weighted by molar-refractivity contribution is 5.23. The van der Waals surface area contributed by atoms with E-state index in [-0.39, 0.29) is 5.41 Å².